The van der Waals surface area contributed by atoms with E-state index in [1.54, 1.807) is 41.4 Å². The molecule has 0 radical (unpaired) electrons. The van der Waals surface area contributed by atoms with Crippen LogP contribution in [-0.4, -0.2) is 66.2 Å². The van der Waals surface area contributed by atoms with Gasteiger partial charge in [-0.05, 0) is 36.8 Å². The van der Waals surface area contributed by atoms with Crippen LogP contribution in [-0.2, 0) is 16.1 Å². The van der Waals surface area contributed by atoms with Crippen LogP contribution in [0.15, 0.2) is 67.1 Å². The van der Waals surface area contributed by atoms with E-state index in [-0.39, 0.29) is 30.4 Å². The van der Waals surface area contributed by atoms with Gasteiger partial charge in [0.1, 0.15) is 18.8 Å². The molecular weight excluding hydrogens is 581 g/mol. The molecule has 0 aliphatic carbocycles. The van der Waals surface area contributed by atoms with Crippen molar-refractivity contribution in [2.24, 2.45) is 0 Å². The van der Waals surface area contributed by atoms with Crippen molar-refractivity contribution in [3.8, 4) is 21.7 Å². The first-order valence-electron chi connectivity index (χ1n) is 13.0. The lowest BCUT2D eigenvalue weighted by Gasteiger charge is -2.23. The highest BCUT2D eigenvalue weighted by atomic mass is 35.5. The van der Waals surface area contributed by atoms with Gasteiger partial charge in [0.15, 0.2) is 10.8 Å². The molecule has 0 spiro atoms. The van der Waals surface area contributed by atoms with E-state index < -0.39 is 24.0 Å². The van der Waals surface area contributed by atoms with Crippen LogP contribution in [0.1, 0.15) is 23.7 Å². The number of nitrogens with one attached hydrogen (secondary N) is 1. The number of hydrogen-bond acceptors (Lipinski definition) is 8. The van der Waals surface area contributed by atoms with Crippen molar-refractivity contribution in [3.63, 3.8) is 0 Å². The smallest absolute Gasteiger partial charge is 0.249 e. The molecule has 5 aromatic rings. The first-order valence-corrected chi connectivity index (χ1v) is 14.2. The first kappa shape index (κ1) is 27.6. The highest BCUT2D eigenvalue weighted by Gasteiger charge is 2.40. The summed E-state index contributed by atoms with van der Waals surface area (Å²) in [5.74, 6) is -1.16. The Hall–Kier alpha value is -4.55. The Labute approximate surface area is 248 Å². The molecular formula is C29H23ClFN7O3S. The van der Waals surface area contributed by atoms with E-state index in [4.69, 9.17) is 11.6 Å². The van der Waals surface area contributed by atoms with Crippen molar-refractivity contribution in [2.45, 2.75) is 32.1 Å². The fraction of sp³-hybridized carbons (Fsp3) is 0.207. The van der Waals surface area contributed by atoms with Gasteiger partial charge in [0.05, 0.1) is 24.0 Å². The third-order valence-electron chi connectivity index (χ3n) is 7.12. The van der Waals surface area contributed by atoms with E-state index >= 15 is 0 Å². The van der Waals surface area contributed by atoms with Crippen LogP contribution >= 0.6 is 22.9 Å². The van der Waals surface area contributed by atoms with E-state index in [0.717, 1.165) is 22.5 Å². The summed E-state index contributed by atoms with van der Waals surface area (Å²) in [5.41, 5.74) is 3.46. The summed E-state index contributed by atoms with van der Waals surface area (Å²) in [7, 11) is 0. The topological polar surface area (TPSA) is 123 Å². The second-order valence-electron chi connectivity index (χ2n) is 9.87. The minimum atomic E-state index is -1.36. The lowest BCUT2D eigenvalue weighted by atomic mass is 10.0. The highest BCUT2D eigenvalue weighted by molar-refractivity contribution is 7.18. The lowest BCUT2D eigenvalue weighted by molar-refractivity contribution is -0.137. The van der Waals surface area contributed by atoms with E-state index in [0.29, 0.717) is 32.1 Å². The Balaban J connectivity index is 1.22. The molecule has 6 rings (SSSR count). The molecule has 0 unspecified atom stereocenters. The number of ketones is 1. The van der Waals surface area contributed by atoms with Crippen LogP contribution in [0.2, 0.25) is 5.02 Å². The molecule has 0 bridgehead atoms. The predicted octanol–water partition coefficient (Wildman–Crippen LogP) is 5.05. The lowest BCUT2D eigenvalue weighted by Crippen LogP contribution is -2.44. The Morgan fingerprint density at radius 1 is 1.10 bits per heavy atom. The number of nitrogens with zero attached hydrogens (tertiary/aromatic N) is 6. The number of Topliss-reactive ketones (excluding diaryl/α,β-unsaturated/α-hetero) is 1. The van der Waals surface area contributed by atoms with Gasteiger partial charge in [-0.1, -0.05) is 47.2 Å². The number of halogens is 2. The molecule has 10 nitrogen and oxygen atoms in total. The minimum Gasteiger partial charge on any atom is -0.337 e. The number of fused-ring (bicyclic) bond motifs is 1. The molecule has 1 fully saturated rings. The third-order valence-corrected chi connectivity index (χ3v) is 8.32. The number of aromatic nitrogens is 5. The number of carbonyl (C=O) groups is 3. The summed E-state index contributed by atoms with van der Waals surface area (Å²) in [6.07, 6.45) is 3.33. The Bertz CT molecular complexity index is 1830. The highest BCUT2D eigenvalue weighted by Crippen LogP contribution is 2.33. The summed E-state index contributed by atoms with van der Waals surface area (Å²) in [6.45, 7) is 1.07. The number of benzene rings is 2. The SMILES string of the molecule is CC(=O)c1cn(CC(=O)N2C[C@H](F)C[C@H]2C(=O)Nc2nnc(-c3ccccc3Cl)s2)c2ccc(-c3ccnnc3)cc12. The van der Waals surface area contributed by atoms with Crippen molar-refractivity contribution in [1.82, 2.24) is 29.9 Å². The van der Waals surface area contributed by atoms with Crippen molar-refractivity contribution in [3.05, 3.63) is 77.7 Å². The molecule has 0 saturated carbocycles. The van der Waals surface area contributed by atoms with Crippen molar-refractivity contribution in [1.29, 1.82) is 0 Å². The second kappa shape index (κ2) is 11.4. The molecule has 2 aromatic carbocycles. The summed E-state index contributed by atoms with van der Waals surface area (Å²) in [6, 6.07) is 13.5. The van der Waals surface area contributed by atoms with Gasteiger partial charge in [-0.2, -0.15) is 10.2 Å². The Morgan fingerprint density at radius 2 is 1.93 bits per heavy atom. The zero-order chi connectivity index (χ0) is 29.4. The second-order valence-corrected chi connectivity index (χ2v) is 11.3. The van der Waals surface area contributed by atoms with Gasteiger partial charge in [-0.3, -0.25) is 19.7 Å². The van der Waals surface area contributed by atoms with Crippen molar-refractivity contribution in [2.75, 3.05) is 11.9 Å². The van der Waals surface area contributed by atoms with Gasteiger partial charge in [-0.25, -0.2) is 4.39 Å². The summed E-state index contributed by atoms with van der Waals surface area (Å²) in [4.78, 5) is 40.4. The molecule has 1 saturated heterocycles. The van der Waals surface area contributed by atoms with Gasteiger partial charge in [0.25, 0.3) is 0 Å². The Kier molecular flexibility index (Phi) is 7.48. The van der Waals surface area contributed by atoms with Crippen LogP contribution < -0.4 is 5.32 Å². The van der Waals surface area contributed by atoms with E-state index in [1.165, 1.54) is 11.8 Å². The number of anilines is 1. The van der Waals surface area contributed by atoms with Gasteiger partial charge >= 0.3 is 0 Å². The van der Waals surface area contributed by atoms with Crippen LogP contribution in [0.25, 0.3) is 32.6 Å². The first-order chi connectivity index (χ1) is 20.3. The van der Waals surface area contributed by atoms with Gasteiger partial charge in [0, 0.05) is 40.2 Å². The molecule has 2 amide bonds. The van der Waals surface area contributed by atoms with Crippen molar-refractivity contribution >= 4 is 56.6 Å². The number of rotatable bonds is 7. The Morgan fingerprint density at radius 3 is 2.69 bits per heavy atom. The zero-order valence-corrected chi connectivity index (χ0v) is 23.8. The van der Waals surface area contributed by atoms with Crippen molar-refractivity contribution < 1.29 is 18.8 Å². The molecule has 13 heteroatoms. The number of amides is 2. The molecule has 1 aliphatic rings. The fourth-order valence-electron chi connectivity index (χ4n) is 5.10. The maximum Gasteiger partial charge on any atom is 0.249 e. The monoisotopic (exact) mass is 603 g/mol. The summed E-state index contributed by atoms with van der Waals surface area (Å²) < 4.78 is 16.2. The van der Waals surface area contributed by atoms with E-state index in [9.17, 15) is 18.8 Å². The minimum absolute atomic E-state index is 0.137. The van der Waals surface area contributed by atoms with Crippen LogP contribution in [0.5, 0.6) is 0 Å². The fourth-order valence-corrected chi connectivity index (χ4v) is 6.17. The third kappa shape index (κ3) is 5.38. The summed E-state index contributed by atoms with van der Waals surface area (Å²) in [5, 5.41) is 20.4. The number of likely N-dealkylation sites (tertiary alicyclic amines) is 1. The average Bonchev–Trinajstić information content (AvgIpc) is 3.71. The maximum absolute atomic E-state index is 14.6. The molecule has 42 heavy (non-hydrogen) atoms. The van der Waals surface area contributed by atoms with Gasteiger partial charge < -0.3 is 9.47 Å². The molecule has 1 N–H and O–H groups in total. The zero-order valence-electron chi connectivity index (χ0n) is 22.2. The quantitative estimate of drug-likeness (QED) is 0.258. The molecule has 3 aromatic heterocycles. The molecule has 2 atom stereocenters. The molecule has 4 heterocycles. The average molecular weight is 604 g/mol. The standard InChI is InChI=1S/C29H23ClFN7O3S/c1-16(39)22-14-37(24-7-6-17(10-21(22)24)18-8-9-32-33-12-18)15-26(40)38-13-19(31)11-25(38)27(41)34-29-36-35-28(42-29)20-4-2-3-5-23(20)30/h2-10,12,14,19,25H,11,13,15H2,1H3,(H,34,36,41)/t19-,25+/m1/s1. The summed E-state index contributed by atoms with van der Waals surface area (Å²) >= 11 is 7.37. The number of hydrogen-bond donors (Lipinski definition) is 1. The number of alkyl halides is 1. The molecule has 1 aliphatic heterocycles. The van der Waals surface area contributed by atoms with Crippen LogP contribution in [0, 0.1) is 0 Å². The van der Waals surface area contributed by atoms with Gasteiger partial charge in [0.2, 0.25) is 16.9 Å². The van der Waals surface area contributed by atoms with E-state index in [1.807, 2.05) is 30.3 Å². The predicted molar refractivity (Wildman–Crippen MR) is 157 cm³/mol. The molecule has 212 valence electrons. The largest absolute Gasteiger partial charge is 0.337 e. The van der Waals surface area contributed by atoms with Crippen LogP contribution in [0.3, 0.4) is 0 Å². The maximum atomic E-state index is 14.6. The normalized spacial score (nSPS) is 16.6. The number of carbonyl (C=O) groups excluding carboxylic acids is 3. The van der Waals surface area contributed by atoms with Crippen LogP contribution in [0.4, 0.5) is 9.52 Å². The van der Waals surface area contributed by atoms with Gasteiger partial charge in [-0.15, -0.1) is 10.2 Å². The van der Waals surface area contributed by atoms with E-state index in [2.05, 4.69) is 25.7 Å².